The van der Waals surface area contributed by atoms with Crippen molar-refractivity contribution in [2.24, 2.45) is 5.73 Å². The van der Waals surface area contributed by atoms with Crippen LogP contribution < -0.4 is 5.73 Å². The first kappa shape index (κ1) is 8.67. The molecule has 0 saturated heterocycles. The lowest BCUT2D eigenvalue weighted by molar-refractivity contribution is -0.110. The Morgan fingerprint density at radius 2 is 1.91 bits per heavy atom. The van der Waals surface area contributed by atoms with E-state index in [4.69, 9.17) is 5.73 Å². The molecule has 0 fully saturated rings. The van der Waals surface area contributed by atoms with E-state index >= 15 is 0 Å². The van der Waals surface area contributed by atoms with Crippen molar-refractivity contribution in [3.63, 3.8) is 0 Å². The number of nitrogens with two attached hydrogens (primary N) is 1. The highest BCUT2D eigenvalue weighted by molar-refractivity contribution is 14.1. The fraction of sp³-hybridized carbons (Fsp3) is 0.125. The van der Waals surface area contributed by atoms with Gasteiger partial charge < -0.3 is 5.73 Å². The van der Waals surface area contributed by atoms with E-state index in [1.165, 1.54) is 0 Å². The molecule has 58 valence electrons. The van der Waals surface area contributed by atoms with Gasteiger partial charge in [-0.2, -0.15) is 0 Å². The summed E-state index contributed by atoms with van der Waals surface area (Å²) in [5.74, 6) is 0. The minimum atomic E-state index is -0.475. The van der Waals surface area contributed by atoms with E-state index in [9.17, 15) is 4.79 Å². The van der Waals surface area contributed by atoms with Crippen LogP contribution in [0.5, 0.6) is 0 Å². The van der Waals surface area contributed by atoms with Gasteiger partial charge in [-0.25, -0.2) is 0 Å². The summed E-state index contributed by atoms with van der Waals surface area (Å²) in [5, 5.41) is 0. The second-order valence-corrected chi connectivity index (χ2v) is 3.26. The second kappa shape index (κ2) is 3.82. The van der Waals surface area contributed by atoms with Crippen molar-refractivity contribution >= 4 is 26.4 Å². The lowest BCUT2D eigenvalue weighted by Crippen LogP contribution is -2.15. The lowest BCUT2D eigenvalue weighted by atomic mass is 10.1. The Labute approximate surface area is 78.9 Å². The van der Waals surface area contributed by atoms with Crippen molar-refractivity contribution in [1.29, 1.82) is 0 Å². The number of benzene rings is 1. The smallest absolute Gasteiger partial charge is 0.213 e. The first-order chi connectivity index (χ1) is 5.22. The van der Waals surface area contributed by atoms with E-state index in [0.717, 1.165) is 5.56 Å². The van der Waals surface area contributed by atoms with E-state index in [1.54, 1.807) is 22.6 Å². The summed E-state index contributed by atoms with van der Waals surface area (Å²) in [7, 11) is 0. The van der Waals surface area contributed by atoms with Crippen LogP contribution in [0.3, 0.4) is 0 Å². The summed E-state index contributed by atoms with van der Waals surface area (Å²) in [5.41, 5.74) is 6.45. The van der Waals surface area contributed by atoms with Gasteiger partial charge in [-0.15, -0.1) is 0 Å². The first-order valence-corrected chi connectivity index (χ1v) is 4.29. The number of hydrogen-bond donors (Lipinski definition) is 1. The quantitative estimate of drug-likeness (QED) is 0.649. The van der Waals surface area contributed by atoms with E-state index in [0.29, 0.717) is 0 Å². The van der Waals surface area contributed by atoms with Crippen LogP contribution in [-0.4, -0.2) is 3.79 Å². The Balaban J connectivity index is 2.85. The molecular formula is C8H8INO. The molecule has 1 rings (SSSR count). The van der Waals surface area contributed by atoms with Crippen molar-refractivity contribution in [3.05, 3.63) is 35.9 Å². The van der Waals surface area contributed by atoms with Crippen LogP contribution in [0.4, 0.5) is 0 Å². The fourth-order valence-electron chi connectivity index (χ4n) is 0.791. The molecular weight excluding hydrogens is 253 g/mol. The zero-order valence-electron chi connectivity index (χ0n) is 5.83. The van der Waals surface area contributed by atoms with Gasteiger partial charge >= 0.3 is 0 Å². The largest absolute Gasteiger partial charge is 0.317 e. The van der Waals surface area contributed by atoms with E-state index in [2.05, 4.69) is 0 Å². The highest BCUT2D eigenvalue weighted by Crippen LogP contribution is 2.12. The van der Waals surface area contributed by atoms with Crippen LogP contribution in [0.15, 0.2) is 30.3 Å². The Morgan fingerprint density at radius 1 is 1.36 bits per heavy atom. The normalized spacial score (nSPS) is 12.5. The molecule has 11 heavy (non-hydrogen) atoms. The number of hydrogen-bond acceptors (Lipinski definition) is 2. The summed E-state index contributed by atoms with van der Waals surface area (Å²) in [6.07, 6.45) is 0. The topological polar surface area (TPSA) is 43.1 Å². The molecule has 1 atom stereocenters. The third-order valence-corrected chi connectivity index (χ3v) is 2.07. The van der Waals surface area contributed by atoms with Crippen LogP contribution in [-0.2, 0) is 4.79 Å². The van der Waals surface area contributed by atoms with Gasteiger partial charge in [0.1, 0.15) is 0 Å². The predicted molar refractivity (Wildman–Crippen MR) is 52.4 cm³/mol. The molecule has 2 nitrogen and oxygen atoms in total. The average molecular weight is 261 g/mol. The lowest BCUT2D eigenvalue weighted by Gasteiger charge is -2.04. The number of halogens is 1. The molecule has 0 saturated carbocycles. The van der Waals surface area contributed by atoms with Gasteiger partial charge in [-0.05, 0) is 5.56 Å². The van der Waals surface area contributed by atoms with Gasteiger partial charge in [0.15, 0.2) is 0 Å². The van der Waals surface area contributed by atoms with Crippen LogP contribution in [0, 0.1) is 0 Å². The van der Waals surface area contributed by atoms with Crippen LogP contribution in [0.25, 0.3) is 0 Å². The highest BCUT2D eigenvalue weighted by Gasteiger charge is 2.10. The Hall–Kier alpha value is -0.420. The SMILES string of the molecule is N[C@H](C(=O)I)c1ccccc1. The molecule has 0 amide bonds. The van der Waals surface area contributed by atoms with Gasteiger partial charge in [0, 0.05) is 22.6 Å². The van der Waals surface area contributed by atoms with Gasteiger partial charge in [0.2, 0.25) is 3.79 Å². The minimum Gasteiger partial charge on any atom is -0.317 e. The molecule has 0 aliphatic heterocycles. The second-order valence-electron chi connectivity index (χ2n) is 2.19. The van der Waals surface area contributed by atoms with Crippen molar-refractivity contribution in [1.82, 2.24) is 0 Å². The Morgan fingerprint density at radius 3 is 2.36 bits per heavy atom. The first-order valence-electron chi connectivity index (χ1n) is 3.21. The summed E-state index contributed by atoms with van der Waals surface area (Å²) in [6.45, 7) is 0. The minimum absolute atomic E-state index is 0.0335. The number of rotatable bonds is 2. The fourth-order valence-corrected chi connectivity index (χ4v) is 1.15. The molecule has 0 spiro atoms. The Bertz CT molecular complexity index is 248. The highest BCUT2D eigenvalue weighted by atomic mass is 127. The molecule has 3 heteroatoms. The molecule has 0 unspecified atom stereocenters. The molecule has 0 aromatic heterocycles. The van der Waals surface area contributed by atoms with Crippen molar-refractivity contribution < 1.29 is 4.79 Å². The number of carbonyl (C=O) groups excluding carboxylic acids is 1. The molecule has 1 aromatic carbocycles. The van der Waals surface area contributed by atoms with Crippen molar-refractivity contribution in [2.75, 3.05) is 0 Å². The third-order valence-electron chi connectivity index (χ3n) is 1.40. The zero-order valence-corrected chi connectivity index (χ0v) is 7.99. The maximum atomic E-state index is 10.8. The molecule has 0 heterocycles. The Kier molecular flexibility index (Phi) is 3.02. The third kappa shape index (κ3) is 2.27. The standard InChI is InChI=1S/C8H8INO/c9-8(11)7(10)6-4-2-1-3-5-6/h1-5,7H,10H2/t7-/m0/s1. The maximum Gasteiger partial charge on any atom is 0.213 e. The maximum absolute atomic E-state index is 10.8. The molecule has 0 bridgehead atoms. The molecule has 0 aliphatic rings. The van der Waals surface area contributed by atoms with Crippen molar-refractivity contribution in [2.45, 2.75) is 6.04 Å². The van der Waals surface area contributed by atoms with Crippen LogP contribution in [0.1, 0.15) is 11.6 Å². The monoisotopic (exact) mass is 261 g/mol. The molecule has 0 radical (unpaired) electrons. The summed E-state index contributed by atoms with van der Waals surface area (Å²) < 4.78 is -0.0335. The van der Waals surface area contributed by atoms with Crippen LogP contribution in [0.2, 0.25) is 0 Å². The van der Waals surface area contributed by atoms with Gasteiger partial charge in [-0.1, -0.05) is 30.3 Å². The number of carbonyl (C=O) groups is 1. The predicted octanol–water partition coefficient (Wildman–Crippen LogP) is 1.65. The van der Waals surface area contributed by atoms with Gasteiger partial charge in [0.25, 0.3) is 0 Å². The van der Waals surface area contributed by atoms with Crippen molar-refractivity contribution in [3.8, 4) is 0 Å². The van der Waals surface area contributed by atoms with E-state index in [1.807, 2.05) is 30.3 Å². The summed E-state index contributed by atoms with van der Waals surface area (Å²) in [4.78, 5) is 10.8. The molecule has 2 N–H and O–H groups in total. The van der Waals surface area contributed by atoms with E-state index < -0.39 is 6.04 Å². The average Bonchev–Trinajstić information content (AvgIpc) is 2.05. The van der Waals surface area contributed by atoms with Crippen LogP contribution >= 0.6 is 22.6 Å². The molecule has 1 aromatic rings. The zero-order chi connectivity index (χ0) is 8.27. The van der Waals surface area contributed by atoms with Gasteiger partial charge in [-0.3, -0.25) is 4.79 Å². The molecule has 0 aliphatic carbocycles. The summed E-state index contributed by atoms with van der Waals surface area (Å²) >= 11 is 1.71. The van der Waals surface area contributed by atoms with E-state index in [-0.39, 0.29) is 3.79 Å². The van der Waals surface area contributed by atoms with Gasteiger partial charge in [0.05, 0.1) is 6.04 Å². The summed E-state index contributed by atoms with van der Waals surface area (Å²) in [6, 6.07) is 8.86.